The predicted molar refractivity (Wildman–Crippen MR) is 134 cm³/mol. The Labute approximate surface area is 208 Å². The van der Waals surface area contributed by atoms with E-state index in [1.807, 2.05) is 30.3 Å². The molecule has 1 N–H and O–H groups in total. The first-order valence-corrected chi connectivity index (χ1v) is 13.6. The van der Waals surface area contributed by atoms with Crippen LogP contribution in [0.5, 0.6) is 11.5 Å². The summed E-state index contributed by atoms with van der Waals surface area (Å²) < 4.78 is 52.8. The first-order chi connectivity index (χ1) is 16.9. The van der Waals surface area contributed by atoms with Gasteiger partial charge in [-0.2, -0.15) is 11.8 Å². The Hall–Kier alpha value is -3.24. The standard InChI is InChI=1S/C25H25FN2O5S2/c26-20-7-4-8-21(15-20)28(17-25(29)27-11-14-34-18-19-5-2-1-3-6-19)35(30,31)22-9-10-23-24(16-22)33-13-12-32-23/h1-10,15-16H,11-14,17-18H2,(H,27,29). The number of anilines is 1. The van der Waals surface area contributed by atoms with Gasteiger partial charge in [0.1, 0.15) is 25.6 Å². The molecule has 0 saturated heterocycles. The Morgan fingerprint density at radius 1 is 0.971 bits per heavy atom. The van der Waals surface area contributed by atoms with Crippen LogP contribution in [-0.4, -0.2) is 46.4 Å². The van der Waals surface area contributed by atoms with Crippen molar-refractivity contribution in [3.63, 3.8) is 0 Å². The summed E-state index contributed by atoms with van der Waals surface area (Å²) in [7, 11) is -4.21. The summed E-state index contributed by atoms with van der Waals surface area (Å²) in [6, 6.07) is 19.4. The SMILES string of the molecule is O=C(CN(c1cccc(F)c1)S(=O)(=O)c1ccc2c(c1)OCCO2)NCCSCc1ccccc1. The minimum Gasteiger partial charge on any atom is -0.486 e. The van der Waals surface area contributed by atoms with Crippen molar-refractivity contribution in [3.05, 3.63) is 84.2 Å². The van der Waals surface area contributed by atoms with Crippen LogP contribution in [-0.2, 0) is 20.6 Å². The van der Waals surface area contributed by atoms with Gasteiger partial charge in [0.2, 0.25) is 5.91 Å². The minimum absolute atomic E-state index is 0.0495. The minimum atomic E-state index is -4.21. The van der Waals surface area contributed by atoms with Crippen LogP contribution in [0.3, 0.4) is 0 Å². The second-order valence-electron chi connectivity index (χ2n) is 7.69. The summed E-state index contributed by atoms with van der Waals surface area (Å²) in [6.45, 7) is 0.550. The third-order valence-corrected chi connectivity index (χ3v) is 7.97. The number of nitrogens with zero attached hydrogens (tertiary/aromatic N) is 1. The Balaban J connectivity index is 1.45. The van der Waals surface area contributed by atoms with Crippen LogP contribution in [0.25, 0.3) is 0 Å². The molecule has 0 spiro atoms. The highest BCUT2D eigenvalue weighted by atomic mass is 32.2. The summed E-state index contributed by atoms with van der Waals surface area (Å²) in [5.74, 6) is 1.12. The van der Waals surface area contributed by atoms with Crippen molar-refractivity contribution in [1.29, 1.82) is 0 Å². The summed E-state index contributed by atoms with van der Waals surface area (Å²) in [5, 5.41) is 2.75. The normalized spacial score (nSPS) is 12.7. The van der Waals surface area contributed by atoms with Crippen molar-refractivity contribution >= 4 is 33.4 Å². The van der Waals surface area contributed by atoms with Crippen LogP contribution in [0.15, 0.2) is 77.7 Å². The van der Waals surface area contributed by atoms with E-state index in [1.54, 1.807) is 11.8 Å². The maximum absolute atomic E-state index is 13.9. The highest BCUT2D eigenvalue weighted by Crippen LogP contribution is 2.34. The number of amides is 1. The molecule has 1 heterocycles. The van der Waals surface area contributed by atoms with E-state index in [-0.39, 0.29) is 10.6 Å². The van der Waals surface area contributed by atoms with Gasteiger partial charge in [-0.05, 0) is 35.9 Å². The van der Waals surface area contributed by atoms with Gasteiger partial charge in [0.05, 0.1) is 10.6 Å². The van der Waals surface area contributed by atoms with Crippen LogP contribution in [0.4, 0.5) is 10.1 Å². The lowest BCUT2D eigenvalue weighted by Crippen LogP contribution is -2.41. The summed E-state index contributed by atoms with van der Waals surface area (Å²) in [6.07, 6.45) is 0. The van der Waals surface area contributed by atoms with E-state index in [0.29, 0.717) is 37.0 Å². The summed E-state index contributed by atoms with van der Waals surface area (Å²) in [4.78, 5) is 12.6. The molecule has 0 aliphatic carbocycles. The van der Waals surface area contributed by atoms with Gasteiger partial charge < -0.3 is 14.8 Å². The number of carbonyl (C=O) groups excluding carboxylic acids is 1. The molecule has 4 rings (SSSR count). The van der Waals surface area contributed by atoms with Crippen molar-refractivity contribution in [2.75, 3.05) is 36.4 Å². The summed E-state index contributed by atoms with van der Waals surface area (Å²) in [5.41, 5.74) is 1.24. The number of benzene rings is 3. The topological polar surface area (TPSA) is 84.9 Å². The van der Waals surface area contributed by atoms with E-state index in [9.17, 15) is 17.6 Å². The average Bonchev–Trinajstić information content (AvgIpc) is 2.87. The molecule has 1 aliphatic rings. The molecule has 3 aromatic rings. The number of hydrogen-bond acceptors (Lipinski definition) is 6. The van der Waals surface area contributed by atoms with Crippen molar-refractivity contribution in [3.8, 4) is 11.5 Å². The number of fused-ring (bicyclic) bond motifs is 1. The van der Waals surface area contributed by atoms with Gasteiger partial charge in [-0.1, -0.05) is 36.4 Å². The lowest BCUT2D eigenvalue weighted by Gasteiger charge is -2.25. The zero-order chi connectivity index (χ0) is 24.7. The first-order valence-electron chi connectivity index (χ1n) is 11.0. The molecule has 1 amide bonds. The second kappa shape index (κ2) is 11.5. The van der Waals surface area contributed by atoms with Crippen LogP contribution in [0, 0.1) is 5.82 Å². The van der Waals surface area contributed by atoms with E-state index < -0.39 is 28.3 Å². The van der Waals surface area contributed by atoms with Crippen LogP contribution in [0.1, 0.15) is 5.56 Å². The lowest BCUT2D eigenvalue weighted by atomic mass is 10.2. The predicted octanol–water partition coefficient (Wildman–Crippen LogP) is 3.84. The maximum atomic E-state index is 13.9. The molecule has 0 bridgehead atoms. The van der Waals surface area contributed by atoms with Gasteiger partial charge in [0.25, 0.3) is 10.0 Å². The molecule has 0 saturated carbocycles. The van der Waals surface area contributed by atoms with Gasteiger partial charge >= 0.3 is 0 Å². The zero-order valence-electron chi connectivity index (χ0n) is 18.9. The van der Waals surface area contributed by atoms with Crippen LogP contribution < -0.4 is 19.1 Å². The molecular weight excluding hydrogens is 491 g/mol. The van der Waals surface area contributed by atoms with Gasteiger partial charge in [-0.15, -0.1) is 0 Å². The van der Waals surface area contributed by atoms with E-state index in [2.05, 4.69) is 5.32 Å². The molecular formula is C25H25FN2O5S2. The highest BCUT2D eigenvalue weighted by molar-refractivity contribution is 7.98. The molecule has 3 aromatic carbocycles. The van der Waals surface area contributed by atoms with Gasteiger partial charge in [0.15, 0.2) is 11.5 Å². The molecule has 0 fully saturated rings. The number of thioether (sulfide) groups is 1. The number of ether oxygens (including phenoxy) is 2. The Kier molecular flexibility index (Phi) is 8.14. The number of hydrogen-bond donors (Lipinski definition) is 1. The molecule has 0 aromatic heterocycles. The molecule has 10 heteroatoms. The molecule has 184 valence electrons. The number of sulfonamides is 1. The fraction of sp³-hybridized carbons (Fsp3) is 0.240. The molecule has 1 aliphatic heterocycles. The van der Waals surface area contributed by atoms with Crippen LogP contribution >= 0.6 is 11.8 Å². The van der Waals surface area contributed by atoms with Crippen molar-refractivity contribution in [1.82, 2.24) is 5.32 Å². The molecule has 7 nitrogen and oxygen atoms in total. The van der Waals surface area contributed by atoms with Gasteiger partial charge in [-0.3, -0.25) is 9.10 Å². The fourth-order valence-corrected chi connectivity index (χ4v) is 5.72. The number of nitrogens with one attached hydrogen (secondary N) is 1. The number of rotatable bonds is 10. The zero-order valence-corrected chi connectivity index (χ0v) is 20.5. The first kappa shape index (κ1) is 24.9. The van der Waals surface area contributed by atoms with Gasteiger partial charge in [0, 0.05) is 24.1 Å². The molecule has 0 unspecified atom stereocenters. The molecule has 35 heavy (non-hydrogen) atoms. The number of carbonyl (C=O) groups is 1. The van der Waals surface area contributed by atoms with Crippen molar-refractivity contribution in [2.24, 2.45) is 0 Å². The van der Waals surface area contributed by atoms with E-state index in [1.165, 1.54) is 42.0 Å². The fourth-order valence-electron chi connectivity index (χ4n) is 3.47. The third-order valence-electron chi connectivity index (χ3n) is 5.17. The van der Waals surface area contributed by atoms with Gasteiger partial charge in [-0.25, -0.2) is 12.8 Å². The molecule has 0 atom stereocenters. The van der Waals surface area contributed by atoms with E-state index >= 15 is 0 Å². The van der Waals surface area contributed by atoms with E-state index in [0.717, 1.165) is 16.1 Å². The lowest BCUT2D eigenvalue weighted by molar-refractivity contribution is -0.119. The molecule has 0 radical (unpaired) electrons. The van der Waals surface area contributed by atoms with Crippen molar-refractivity contribution in [2.45, 2.75) is 10.6 Å². The highest BCUT2D eigenvalue weighted by Gasteiger charge is 2.29. The Morgan fingerprint density at radius 3 is 2.51 bits per heavy atom. The Morgan fingerprint density at radius 2 is 1.74 bits per heavy atom. The third kappa shape index (κ3) is 6.46. The Bertz CT molecular complexity index is 1270. The quantitative estimate of drug-likeness (QED) is 0.412. The van der Waals surface area contributed by atoms with E-state index in [4.69, 9.17) is 9.47 Å². The number of halogens is 1. The maximum Gasteiger partial charge on any atom is 0.264 e. The average molecular weight is 517 g/mol. The van der Waals surface area contributed by atoms with Crippen LogP contribution in [0.2, 0.25) is 0 Å². The second-order valence-corrected chi connectivity index (χ2v) is 10.7. The smallest absolute Gasteiger partial charge is 0.264 e. The summed E-state index contributed by atoms with van der Waals surface area (Å²) >= 11 is 1.66. The monoisotopic (exact) mass is 516 g/mol. The largest absolute Gasteiger partial charge is 0.486 e. The van der Waals surface area contributed by atoms with Crippen molar-refractivity contribution < 1.29 is 27.1 Å².